The summed E-state index contributed by atoms with van der Waals surface area (Å²) < 4.78 is 44.9. The minimum absolute atomic E-state index is 0.140. The number of sulfonamides is 1. The van der Waals surface area contributed by atoms with Crippen LogP contribution in [0.25, 0.3) is 11.3 Å². The number of rotatable bonds is 5. The molecule has 0 spiro atoms. The summed E-state index contributed by atoms with van der Waals surface area (Å²) in [4.78, 5) is 4.46. The number of nitrogens with zero attached hydrogens (tertiary/aromatic N) is 2. The van der Waals surface area contributed by atoms with E-state index in [0.717, 1.165) is 16.9 Å². The van der Waals surface area contributed by atoms with Crippen molar-refractivity contribution in [2.24, 2.45) is 0 Å². The van der Waals surface area contributed by atoms with Crippen LogP contribution >= 0.6 is 22.9 Å². The zero-order chi connectivity index (χ0) is 21.3. The Morgan fingerprint density at radius 3 is 2.70 bits per heavy atom. The van der Waals surface area contributed by atoms with Crippen LogP contribution in [0.4, 0.5) is 0 Å². The van der Waals surface area contributed by atoms with Crippen LogP contribution in [-0.2, 0) is 16.6 Å². The first-order valence-corrected chi connectivity index (χ1v) is 11.7. The highest BCUT2D eigenvalue weighted by Crippen LogP contribution is 2.39. The van der Waals surface area contributed by atoms with Crippen LogP contribution in [0.5, 0.6) is 17.4 Å². The number of hydrogen-bond donors (Lipinski definition) is 0. The van der Waals surface area contributed by atoms with Gasteiger partial charge in [-0.3, -0.25) is 0 Å². The average molecular weight is 467 g/mol. The Balaban J connectivity index is 1.76. The van der Waals surface area contributed by atoms with Crippen molar-refractivity contribution in [2.45, 2.75) is 10.8 Å². The number of halogens is 1. The van der Waals surface area contributed by atoms with Gasteiger partial charge >= 0.3 is 0 Å². The molecule has 1 aromatic carbocycles. The summed E-state index contributed by atoms with van der Waals surface area (Å²) in [7, 11) is -0.601. The van der Waals surface area contributed by atoms with E-state index >= 15 is 0 Å². The molecular formula is C20H19ClN2O5S2. The number of methoxy groups -OCH3 is 2. The van der Waals surface area contributed by atoms with E-state index < -0.39 is 10.0 Å². The second-order valence-corrected chi connectivity index (χ2v) is 10.4. The van der Waals surface area contributed by atoms with Crippen LogP contribution < -0.4 is 14.2 Å². The molecule has 3 heterocycles. The lowest BCUT2D eigenvalue weighted by atomic mass is 10.1. The molecule has 30 heavy (non-hydrogen) atoms. The Morgan fingerprint density at radius 1 is 1.17 bits per heavy atom. The number of aromatic nitrogens is 1. The fourth-order valence-electron chi connectivity index (χ4n) is 3.22. The highest BCUT2D eigenvalue weighted by molar-refractivity contribution is 7.91. The summed E-state index contributed by atoms with van der Waals surface area (Å²) in [5.41, 5.74) is 2.14. The van der Waals surface area contributed by atoms with Crippen molar-refractivity contribution < 1.29 is 22.6 Å². The molecule has 0 N–H and O–H groups in total. The highest BCUT2D eigenvalue weighted by Gasteiger charge is 2.30. The maximum absolute atomic E-state index is 13.1. The van der Waals surface area contributed by atoms with Crippen LogP contribution in [0.3, 0.4) is 0 Å². The first-order chi connectivity index (χ1) is 14.4. The number of thiophene rings is 1. The number of hydrogen-bond acceptors (Lipinski definition) is 7. The minimum atomic E-state index is -3.70. The Hall–Kier alpha value is -2.33. The van der Waals surface area contributed by atoms with E-state index in [1.807, 2.05) is 24.3 Å². The SMILES string of the molecule is COc1cccc(-c2cc3c(c(OC)c2)OCCN(S(=O)(=O)c2ccc(Cl)s2)C3)n1. The molecule has 7 nitrogen and oxygen atoms in total. The van der Waals surface area contributed by atoms with Gasteiger partial charge in [-0.1, -0.05) is 17.7 Å². The maximum Gasteiger partial charge on any atom is 0.253 e. The molecule has 0 unspecified atom stereocenters. The molecule has 0 fully saturated rings. The molecule has 10 heteroatoms. The summed E-state index contributed by atoms with van der Waals surface area (Å²) in [5, 5.41) is 0. The van der Waals surface area contributed by atoms with Crippen molar-refractivity contribution in [1.29, 1.82) is 0 Å². The van der Waals surface area contributed by atoms with Gasteiger partial charge in [0.2, 0.25) is 5.88 Å². The molecule has 0 saturated heterocycles. The van der Waals surface area contributed by atoms with Crippen LogP contribution in [0.15, 0.2) is 46.7 Å². The molecule has 0 radical (unpaired) electrons. The van der Waals surface area contributed by atoms with Crippen molar-refractivity contribution in [1.82, 2.24) is 9.29 Å². The lowest BCUT2D eigenvalue weighted by molar-refractivity contribution is 0.279. The molecule has 2 aromatic heterocycles. The van der Waals surface area contributed by atoms with E-state index in [0.29, 0.717) is 33.0 Å². The van der Waals surface area contributed by atoms with Gasteiger partial charge in [-0.2, -0.15) is 4.31 Å². The number of pyridine rings is 1. The van der Waals surface area contributed by atoms with Crippen LogP contribution in [-0.4, -0.2) is 45.1 Å². The molecule has 158 valence electrons. The first-order valence-electron chi connectivity index (χ1n) is 9.03. The molecule has 0 aliphatic carbocycles. The molecule has 0 atom stereocenters. The number of fused-ring (bicyclic) bond motifs is 1. The fraction of sp³-hybridized carbons (Fsp3) is 0.250. The van der Waals surface area contributed by atoms with Crippen molar-refractivity contribution in [2.75, 3.05) is 27.4 Å². The molecule has 0 saturated carbocycles. The van der Waals surface area contributed by atoms with Gasteiger partial charge < -0.3 is 14.2 Å². The normalized spacial score (nSPS) is 14.5. The third-order valence-corrected chi connectivity index (χ3v) is 8.20. The lowest BCUT2D eigenvalue weighted by Crippen LogP contribution is -2.32. The molecular weight excluding hydrogens is 448 g/mol. The van der Waals surface area contributed by atoms with E-state index in [-0.39, 0.29) is 23.9 Å². The van der Waals surface area contributed by atoms with Gasteiger partial charge in [0.05, 0.1) is 24.2 Å². The maximum atomic E-state index is 13.1. The topological polar surface area (TPSA) is 78.0 Å². The van der Waals surface area contributed by atoms with Crippen molar-refractivity contribution in [3.05, 3.63) is 52.4 Å². The Morgan fingerprint density at radius 2 is 2.00 bits per heavy atom. The molecule has 0 bridgehead atoms. The summed E-state index contributed by atoms with van der Waals surface area (Å²) in [6.45, 7) is 0.558. The molecule has 1 aliphatic rings. The quantitative estimate of drug-likeness (QED) is 0.564. The fourth-order valence-corrected chi connectivity index (χ4v) is 6.26. The van der Waals surface area contributed by atoms with Crippen LogP contribution in [0.1, 0.15) is 5.56 Å². The van der Waals surface area contributed by atoms with E-state index in [9.17, 15) is 8.42 Å². The van der Waals surface area contributed by atoms with E-state index in [4.69, 9.17) is 25.8 Å². The number of benzene rings is 1. The van der Waals surface area contributed by atoms with Crippen LogP contribution in [0, 0.1) is 0 Å². The third-order valence-electron chi connectivity index (χ3n) is 4.66. The van der Waals surface area contributed by atoms with E-state index in [2.05, 4.69) is 4.98 Å². The van der Waals surface area contributed by atoms with Crippen molar-refractivity contribution in [3.63, 3.8) is 0 Å². The zero-order valence-electron chi connectivity index (χ0n) is 16.3. The molecule has 3 aromatic rings. The Kier molecular flexibility index (Phi) is 5.88. The first kappa shape index (κ1) is 20.9. The largest absolute Gasteiger partial charge is 0.493 e. The van der Waals surface area contributed by atoms with Crippen molar-refractivity contribution in [3.8, 4) is 28.6 Å². The summed E-state index contributed by atoms with van der Waals surface area (Å²) >= 11 is 6.98. The Bertz CT molecular complexity index is 1180. The summed E-state index contributed by atoms with van der Waals surface area (Å²) in [6.07, 6.45) is 0. The number of ether oxygens (including phenoxy) is 3. The van der Waals surface area contributed by atoms with Gasteiger partial charge in [0.1, 0.15) is 10.8 Å². The van der Waals surface area contributed by atoms with E-state index in [1.54, 1.807) is 26.4 Å². The van der Waals surface area contributed by atoms with Gasteiger partial charge in [-0.15, -0.1) is 11.3 Å². The van der Waals surface area contributed by atoms with Crippen molar-refractivity contribution >= 4 is 33.0 Å². The second-order valence-electron chi connectivity index (χ2n) is 6.48. The highest BCUT2D eigenvalue weighted by atomic mass is 35.5. The smallest absolute Gasteiger partial charge is 0.253 e. The van der Waals surface area contributed by atoms with Gasteiger partial charge in [-0.05, 0) is 30.3 Å². The molecule has 0 amide bonds. The van der Waals surface area contributed by atoms with E-state index in [1.165, 1.54) is 10.4 Å². The average Bonchev–Trinajstić information content (AvgIpc) is 3.08. The second kappa shape index (κ2) is 8.43. The van der Waals surface area contributed by atoms with Crippen LogP contribution in [0.2, 0.25) is 4.34 Å². The minimum Gasteiger partial charge on any atom is -0.493 e. The molecule has 4 rings (SSSR count). The van der Waals surface area contributed by atoms with Gasteiger partial charge in [0.25, 0.3) is 10.0 Å². The molecule has 1 aliphatic heterocycles. The van der Waals surface area contributed by atoms with Gasteiger partial charge in [0.15, 0.2) is 11.5 Å². The van der Waals surface area contributed by atoms with Gasteiger partial charge in [-0.25, -0.2) is 13.4 Å². The monoisotopic (exact) mass is 466 g/mol. The lowest BCUT2D eigenvalue weighted by Gasteiger charge is -2.19. The van der Waals surface area contributed by atoms with Gasteiger partial charge in [0, 0.05) is 30.3 Å². The predicted octanol–water partition coefficient (Wildman–Crippen LogP) is 4.06. The third kappa shape index (κ3) is 3.98. The summed E-state index contributed by atoms with van der Waals surface area (Å²) in [5.74, 6) is 1.54. The standard InChI is InChI=1S/C20H19ClN2O5S2/c1-26-16-11-13(15-4-3-5-18(22-15)27-2)10-14-12-23(8-9-28-20(14)16)30(24,25)19-7-6-17(21)29-19/h3-7,10-11H,8-9,12H2,1-2H3. The Labute approximate surface area is 183 Å². The zero-order valence-corrected chi connectivity index (χ0v) is 18.7. The predicted molar refractivity (Wildman–Crippen MR) is 115 cm³/mol. The summed E-state index contributed by atoms with van der Waals surface area (Å²) in [6, 6.07) is 12.2.